The molecule has 19 heavy (non-hydrogen) atoms. The van der Waals surface area contributed by atoms with E-state index in [1.54, 1.807) is 0 Å². The van der Waals surface area contributed by atoms with E-state index in [2.05, 4.69) is 15.9 Å². The minimum absolute atomic E-state index is 0.0686. The molecular formula is C11H14BrNO5S. The highest BCUT2D eigenvalue weighted by molar-refractivity contribution is 9.10. The molecule has 0 amide bonds. The van der Waals surface area contributed by atoms with Crippen molar-refractivity contribution in [3.05, 3.63) is 28.2 Å². The summed E-state index contributed by atoms with van der Waals surface area (Å²) in [6.07, 6.45) is -0.811. The number of aliphatic hydroxyl groups is 1. The van der Waals surface area contributed by atoms with Gasteiger partial charge < -0.3 is 10.2 Å². The molecule has 6 nitrogen and oxygen atoms in total. The van der Waals surface area contributed by atoms with Crippen LogP contribution in [0.4, 0.5) is 0 Å². The largest absolute Gasteiger partial charge is 0.478 e. The third kappa shape index (κ3) is 3.75. The fourth-order valence-corrected chi connectivity index (χ4v) is 3.17. The van der Waals surface area contributed by atoms with Crippen LogP contribution >= 0.6 is 15.9 Å². The molecule has 0 fully saturated rings. The Morgan fingerprint density at radius 2 is 2.05 bits per heavy atom. The van der Waals surface area contributed by atoms with Crippen molar-refractivity contribution in [2.24, 2.45) is 0 Å². The molecule has 0 aliphatic rings. The zero-order valence-electron chi connectivity index (χ0n) is 10.4. The summed E-state index contributed by atoms with van der Waals surface area (Å²) in [5.74, 6) is -1.22. The van der Waals surface area contributed by atoms with Crippen LogP contribution in [0.5, 0.6) is 0 Å². The highest BCUT2D eigenvalue weighted by atomic mass is 79.9. The summed E-state index contributed by atoms with van der Waals surface area (Å²) >= 11 is 3.05. The zero-order valence-corrected chi connectivity index (χ0v) is 12.8. The maximum atomic E-state index is 12.2. The van der Waals surface area contributed by atoms with Crippen molar-refractivity contribution >= 4 is 31.9 Å². The monoisotopic (exact) mass is 351 g/mol. The standard InChI is InChI=1S/C11H14BrNO5S/c1-7(14)6-13(2)19(17,18)8-3-4-10(12)9(5-8)11(15)16/h3-5,7,14H,6H2,1-2H3,(H,15,16). The molecule has 0 aromatic heterocycles. The number of likely N-dealkylation sites (N-methyl/N-ethyl adjacent to an activating group) is 1. The first-order valence-electron chi connectivity index (χ1n) is 5.33. The lowest BCUT2D eigenvalue weighted by molar-refractivity contribution is 0.0695. The number of hydrogen-bond acceptors (Lipinski definition) is 4. The van der Waals surface area contributed by atoms with Gasteiger partial charge in [-0.2, -0.15) is 4.31 Å². The van der Waals surface area contributed by atoms with Crippen molar-refractivity contribution < 1.29 is 23.4 Å². The van der Waals surface area contributed by atoms with Gasteiger partial charge in [-0.15, -0.1) is 0 Å². The fraction of sp³-hybridized carbons (Fsp3) is 0.364. The number of nitrogens with zero attached hydrogens (tertiary/aromatic N) is 1. The third-order valence-electron chi connectivity index (χ3n) is 2.40. The predicted molar refractivity (Wildman–Crippen MR) is 72.6 cm³/mol. The van der Waals surface area contributed by atoms with Gasteiger partial charge in [0.2, 0.25) is 10.0 Å². The summed E-state index contributed by atoms with van der Waals surface area (Å²) in [4.78, 5) is 10.8. The molecule has 0 saturated carbocycles. The van der Waals surface area contributed by atoms with E-state index >= 15 is 0 Å². The normalized spacial score (nSPS) is 13.5. The molecule has 0 aliphatic carbocycles. The van der Waals surface area contributed by atoms with Crippen molar-refractivity contribution in [1.82, 2.24) is 4.31 Å². The molecule has 0 saturated heterocycles. The Bertz CT molecular complexity index is 585. The van der Waals surface area contributed by atoms with Crippen LogP contribution in [0, 0.1) is 0 Å². The van der Waals surface area contributed by atoms with Gasteiger partial charge in [0, 0.05) is 18.1 Å². The lowest BCUT2D eigenvalue weighted by Gasteiger charge is -2.19. The van der Waals surface area contributed by atoms with Crippen LogP contribution in [-0.4, -0.2) is 48.6 Å². The minimum Gasteiger partial charge on any atom is -0.478 e. The Kier molecular flexibility index (Phi) is 5.08. The van der Waals surface area contributed by atoms with Crippen LogP contribution in [-0.2, 0) is 10.0 Å². The molecule has 1 unspecified atom stereocenters. The van der Waals surface area contributed by atoms with E-state index in [1.807, 2.05) is 0 Å². The second-order valence-electron chi connectivity index (χ2n) is 4.08. The van der Waals surface area contributed by atoms with Crippen LogP contribution < -0.4 is 0 Å². The van der Waals surface area contributed by atoms with Gasteiger partial charge in [-0.1, -0.05) is 0 Å². The highest BCUT2D eigenvalue weighted by Crippen LogP contribution is 2.23. The molecular weight excluding hydrogens is 338 g/mol. The van der Waals surface area contributed by atoms with E-state index in [0.717, 1.165) is 10.4 Å². The molecule has 2 N–H and O–H groups in total. The fourth-order valence-electron chi connectivity index (χ4n) is 1.48. The lowest BCUT2D eigenvalue weighted by Crippen LogP contribution is -2.33. The molecule has 1 aromatic rings. The molecule has 8 heteroatoms. The number of halogens is 1. The van der Waals surface area contributed by atoms with Gasteiger partial charge in [-0.25, -0.2) is 13.2 Å². The number of sulfonamides is 1. The maximum Gasteiger partial charge on any atom is 0.336 e. The first-order chi connectivity index (χ1) is 8.66. The van der Waals surface area contributed by atoms with Gasteiger partial charge in [0.15, 0.2) is 0 Å². The summed E-state index contributed by atoms with van der Waals surface area (Å²) in [5, 5.41) is 18.2. The number of rotatable bonds is 5. The van der Waals surface area contributed by atoms with Crippen LogP contribution in [0.1, 0.15) is 17.3 Å². The Morgan fingerprint density at radius 3 is 2.53 bits per heavy atom. The van der Waals surface area contributed by atoms with Crippen molar-refractivity contribution in [1.29, 1.82) is 0 Å². The molecule has 1 atom stereocenters. The molecule has 1 rings (SSSR count). The predicted octanol–water partition coefficient (Wildman–Crippen LogP) is 1.15. The Balaban J connectivity index is 3.22. The second kappa shape index (κ2) is 6.00. The van der Waals surface area contributed by atoms with Gasteiger partial charge in [0.25, 0.3) is 0 Å². The average molecular weight is 352 g/mol. The van der Waals surface area contributed by atoms with E-state index in [-0.39, 0.29) is 17.0 Å². The van der Waals surface area contributed by atoms with E-state index < -0.39 is 22.1 Å². The number of benzene rings is 1. The van der Waals surface area contributed by atoms with Crippen molar-refractivity contribution in [2.45, 2.75) is 17.9 Å². The quantitative estimate of drug-likeness (QED) is 0.829. The Morgan fingerprint density at radius 1 is 1.47 bits per heavy atom. The molecule has 0 radical (unpaired) electrons. The van der Waals surface area contributed by atoms with Crippen LogP contribution in [0.3, 0.4) is 0 Å². The van der Waals surface area contributed by atoms with Gasteiger partial charge in [-0.05, 0) is 41.1 Å². The summed E-state index contributed by atoms with van der Waals surface area (Å²) in [6, 6.07) is 3.76. The first-order valence-corrected chi connectivity index (χ1v) is 7.57. The topological polar surface area (TPSA) is 94.9 Å². The molecule has 0 spiro atoms. The minimum atomic E-state index is -3.82. The lowest BCUT2D eigenvalue weighted by atomic mass is 10.2. The maximum absolute atomic E-state index is 12.2. The van der Waals surface area contributed by atoms with Crippen molar-refractivity contribution in [3.8, 4) is 0 Å². The smallest absolute Gasteiger partial charge is 0.336 e. The summed E-state index contributed by atoms with van der Waals surface area (Å²) in [7, 11) is -2.49. The number of hydrogen-bond donors (Lipinski definition) is 2. The second-order valence-corrected chi connectivity index (χ2v) is 6.98. The molecule has 0 heterocycles. The molecule has 0 bridgehead atoms. The Labute approximate surface area is 119 Å². The van der Waals surface area contributed by atoms with Crippen LogP contribution in [0.2, 0.25) is 0 Å². The SMILES string of the molecule is CC(O)CN(C)S(=O)(=O)c1ccc(Br)c(C(=O)O)c1. The van der Waals surface area contributed by atoms with E-state index in [1.165, 1.54) is 26.1 Å². The number of carbonyl (C=O) groups is 1. The van der Waals surface area contributed by atoms with Gasteiger partial charge in [-0.3, -0.25) is 0 Å². The van der Waals surface area contributed by atoms with Crippen molar-refractivity contribution in [3.63, 3.8) is 0 Å². The molecule has 0 aliphatic heterocycles. The number of carboxylic acid groups (broad SMARTS) is 1. The summed E-state index contributed by atoms with van der Waals surface area (Å²) < 4.78 is 25.6. The van der Waals surface area contributed by atoms with Crippen LogP contribution in [0.25, 0.3) is 0 Å². The van der Waals surface area contributed by atoms with E-state index in [9.17, 15) is 18.3 Å². The van der Waals surface area contributed by atoms with E-state index in [4.69, 9.17) is 5.11 Å². The van der Waals surface area contributed by atoms with E-state index in [0.29, 0.717) is 4.47 Å². The van der Waals surface area contributed by atoms with Gasteiger partial charge in [0.05, 0.1) is 16.6 Å². The van der Waals surface area contributed by atoms with Crippen LogP contribution in [0.15, 0.2) is 27.6 Å². The number of aromatic carboxylic acids is 1. The summed E-state index contributed by atoms with van der Waals surface area (Å²) in [5.41, 5.74) is -0.133. The highest BCUT2D eigenvalue weighted by Gasteiger charge is 2.23. The third-order valence-corrected chi connectivity index (χ3v) is 4.91. The average Bonchev–Trinajstić information content (AvgIpc) is 2.27. The number of carboxylic acids is 1. The zero-order chi connectivity index (χ0) is 14.8. The molecule has 106 valence electrons. The van der Waals surface area contributed by atoms with Gasteiger partial charge in [0.1, 0.15) is 0 Å². The summed E-state index contributed by atoms with van der Waals surface area (Å²) in [6.45, 7) is 1.40. The molecule has 1 aromatic carbocycles. The Hall–Kier alpha value is -0.960. The first kappa shape index (κ1) is 16.1. The number of aliphatic hydroxyl groups excluding tert-OH is 1. The van der Waals surface area contributed by atoms with Crippen molar-refractivity contribution in [2.75, 3.05) is 13.6 Å². The van der Waals surface area contributed by atoms with Gasteiger partial charge >= 0.3 is 5.97 Å².